The molecule has 0 saturated carbocycles. The van der Waals surface area contributed by atoms with Crippen LogP contribution in [0.1, 0.15) is 37.2 Å². The van der Waals surface area contributed by atoms with Gasteiger partial charge in [-0.3, -0.25) is 0 Å². The third-order valence-electron chi connectivity index (χ3n) is 4.88. The summed E-state index contributed by atoms with van der Waals surface area (Å²) in [6.07, 6.45) is 0.124. The standard InChI is InChI=1S/2C11H14FNO/c2*1-8-7-14-11(6-13-8)9-2-4-10(12)5-3-9/h2*2-5,8,11,13H,6-7H2,1H3/t8-,11?;8-,11+/m11/s1. The second kappa shape index (κ2) is 10.1. The van der Waals surface area contributed by atoms with E-state index < -0.39 is 0 Å². The van der Waals surface area contributed by atoms with E-state index in [0.29, 0.717) is 25.3 Å². The molecule has 4 rings (SSSR count). The van der Waals surface area contributed by atoms with Gasteiger partial charge in [-0.1, -0.05) is 24.3 Å². The zero-order valence-corrected chi connectivity index (χ0v) is 16.3. The molecule has 0 radical (unpaired) electrons. The molecule has 2 aromatic rings. The van der Waals surface area contributed by atoms with E-state index in [0.717, 1.165) is 24.2 Å². The van der Waals surface area contributed by atoms with Crippen LogP contribution < -0.4 is 10.6 Å². The average Bonchev–Trinajstić information content (AvgIpc) is 2.71. The molecule has 2 aromatic carbocycles. The summed E-state index contributed by atoms with van der Waals surface area (Å²) < 4.78 is 36.6. The fraction of sp³-hybridized carbons (Fsp3) is 0.455. The number of nitrogens with one attached hydrogen (secondary N) is 2. The molecular weight excluding hydrogens is 362 g/mol. The number of hydrogen-bond donors (Lipinski definition) is 2. The molecule has 1 unspecified atom stereocenters. The van der Waals surface area contributed by atoms with Crippen molar-refractivity contribution in [2.24, 2.45) is 0 Å². The number of ether oxygens (including phenoxy) is 2. The maximum absolute atomic E-state index is 12.7. The molecule has 2 aliphatic rings. The lowest BCUT2D eigenvalue weighted by Gasteiger charge is -2.28. The van der Waals surface area contributed by atoms with E-state index in [1.807, 2.05) is 0 Å². The highest BCUT2D eigenvalue weighted by molar-refractivity contribution is 5.20. The number of hydrogen-bond acceptors (Lipinski definition) is 4. The van der Waals surface area contributed by atoms with Crippen LogP contribution in [0.2, 0.25) is 0 Å². The van der Waals surface area contributed by atoms with Crippen LogP contribution in [0.25, 0.3) is 0 Å². The normalized spacial score (nSPS) is 27.6. The number of morpholine rings is 2. The molecule has 6 heteroatoms. The van der Waals surface area contributed by atoms with E-state index in [1.54, 1.807) is 24.3 Å². The lowest BCUT2D eigenvalue weighted by atomic mass is 10.1. The van der Waals surface area contributed by atoms with E-state index >= 15 is 0 Å². The lowest BCUT2D eigenvalue weighted by molar-refractivity contribution is 0.00688. The van der Waals surface area contributed by atoms with Gasteiger partial charge in [-0.2, -0.15) is 0 Å². The van der Waals surface area contributed by atoms with Gasteiger partial charge in [0, 0.05) is 25.2 Å². The smallest absolute Gasteiger partial charge is 0.123 e. The Labute approximate surface area is 165 Å². The van der Waals surface area contributed by atoms with Crippen LogP contribution in [-0.2, 0) is 9.47 Å². The van der Waals surface area contributed by atoms with Crippen molar-refractivity contribution in [2.75, 3.05) is 26.3 Å². The van der Waals surface area contributed by atoms with E-state index in [2.05, 4.69) is 24.5 Å². The summed E-state index contributed by atoms with van der Waals surface area (Å²) in [5.74, 6) is -0.406. The Kier molecular flexibility index (Phi) is 7.50. The molecule has 0 spiro atoms. The Balaban J connectivity index is 0.000000161. The van der Waals surface area contributed by atoms with Gasteiger partial charge < -0.3 is 20.1 Å². The minimum atomic E-state index is -0.203. The maximum Gasteiger partial charge on any atom is 0.123 e. The molecule has 152 valence electrons. The van der Waals surface area contributed by atoms with Crippen molar-refractivity contribution >= 4 is 0 Å². The first kappa shape index (κ1) is 20.9. The molecule has 0 aromatic heterocycles. The molecule has 28 heavy (non-hydrogen) atoms. The zero-order chi connectivity index (χ0) is 19.9. The highest BCUT2D eigenvalue weighted by Crippen LogP contribution is 2.21. The predicted octanol–water partition coefficient (Wildman–Crippen LogP) is 3.75. The number of halogens is 2. The van der Waals surface area contributed by atoms with Crippen LogP contribution in [0.5, 0.6) is 0 Å². The summed E-state index contributed by atoms with van der Waals surface area (Å²) >= 11 is 0. The minimum absolute atomic E-state index is 0.0619. The van der Waals surface area contributed by atoms with Gasteiger partial charge in [0.2, 0.25) is 0 Å². The van der Waals surface area contributed by atoms with Gasteiger partial charge in [0.05, 0.1) is 25.4 Å². The largest absolute Gasteiger partial charge is 0.371 e. The molecule has 4 atom stereocenters. The van der Waals surface area contributed by atoms with Gasteiger partial charge in [0.15, 0.2) is 0 Å². The second-order valence-corrected chi connectivity index (χ2v) is 7.37. The van der Waals surface area contributed by atoms with Gasteiger partial charge in [-0.05, 0) is 49.2 Å². The van der Waals surface area contributed by atoms with Crippen molar-refractivity contribution in [1.82, 2.24) is 10.6 Å². The summed E-state index contributed by atoms with van der Waals surface area (Å²) in [5.41, 5.74) is 2.07. The van der Waals surface area contributed by atoms with Crippen molar-refractivity contribution in [3.05, 3.63) is 71.3 Å². The minimum Gasteiger partial charge on any atom is -0.371 e. The van der Waals surface area contributed by atoms with Crippen LogP contribution in [-0.4, -0.2) is 38.4 Å². The van der Waals surface area contributed by atoms with Crippen LogP contribution in [0.15, 0.2) is 48.5 Å². The molecule has 4 nitrogen and oxygen atoms in total. The number of benzene rings is 2. The Hall–Kier alpha value is -1.86. The third kappa shape index (κ3) is 6.07. The van der Waals surface area contributed by atoms with Crippen LogP contribution in [0.4, 0.5) is 8.78 Å². The van der Waals surface area contributed by atoms with Gasteiger partial charge in [0.25, 0.3) is 0 Å². The highest BCUT2D eigenvalue weighted by Gasteiger charge is 2.20. The summed E-state index contributed by atoms with van der Waals surface area (Å²) in [6, 6.07) is 13.8. The van der Waals surface area contributed by atoms with Gasteiger partial charge in [-0.15, -0.1) is 0 Å². The third-order valence-corrected chi connectivity index (χ3v) is 4.88. The van der Waals surface area contributed by atoms with Crippen LogP contribution in [0, 0.1) is 11.6 Å². The molecule has 2 saturated heterocycles. The Morgan fingerprint density at radius 1 is 0.679 bits per heavy atom. The molecule has 2 aliphatic heterocycles. The molecule has 2 N–H and O–H groups in total. The second-order valence-electron chi connectivity index (χ2n) is 7.37. The Bertz CT molecular complexity index is 645. The van der Waals surface area contributed by atoms with Crippen LogP contribution >= 0.6 is 0 Å². The van der Waals surface area contributed by atoms with E-state index in [9.17, 15) is 8.78 Å². The fourth-order valence-corrected chi connectivity index (χ4v) is 3.16. The molecule has 0 bridgehead atoms. The first-order chi connectivity index (χ1) is 13.5. The summed E-state index contributed by atoms with van der Waals surface area (Å²) in [6.45, 7) is 7.19. The first-order valence-electron chi connectivity index (χ1n) is 9.72. The SMILES string of the molecule is C[C@@H]1COC(c2ccc(F)cc2)CN1.C[C@@H]1CO[C@H](c2ccc(F)cc2)CN1. The van der Waals surface area contributed by atoms with E-state index in [4.69, 9.17) is 9.47 Å². The monoisotopic (exact) mass is 390 g/mol. The highest BCUT2D eigenvalue weighted by atomic mass is 19.1. The number of rotatable bonds is 2. The summed E-state index contributed by atoms with van der Waals surface area (Å²) in [5, 5.41) is 6.65. The summed E-state index contributed by atoms with van der Waals surface area (Å²) in [4.78, 5) is 0. The molecule has 0 aliphatic carbocycles. The lowest BCUT2D eigenvalue weighted by Crippen LogP contribution is -2.40. The first-order valence-corrected chi connectivity index (χ1v) is 9.72. The van der Waals surface area contributed by atoms with Crippen molar-refractivity contribution < 1.29 is 18.3 Å². The quantitative estimate of drug-likeness (QED) is 0.820. The molecule has 0 amide bonds. The van der Waals surface area contributed by atoms with Crippen molar-refractivity contribution in [3.63, 3.8) is 0 Å². The summed E-state index contributed by atoms with van der Waals surface area (Å²) in [7, 11) is 0. The molecular formula is C22H28F2N2O2. The predicted molar refractivity (Wildman–Crippen MR) is 105 cm³/mol. The topological polar surface area (TPSA) is 42.5 Å². The fourth-order valence-electron chi connectivity index (χ4n) is 3.16. The van der Waals surface area contributed by atoms with E-state index in [1.165, 1.54) is 24.3 Å². The van der Waals surface area contributed by atoms with Gasteiger partial charge >= 0.3 is 0 Å². The van der Waals surface area contributed by atoms with Crippen molar-refractivity contribution in [3.8, 4) is 0 Å². The Morgan fingerprint density at radius 2 is 1.04 bits per heavy atom. The Morgan fingerprint density at radius 3 is 1.32 bits per heavy atom. The average molecular weight is 390 g/mol. The zero-order valence-electron chi connectivity index (χ0n) is 16.3. The maximum atomic E-state index is 12.7. The van der Waals surface area contributed by atoms with Crippen molar-refractivity contribution in [1.29, 1.82) is 0 Å². The van der Waals surface area contributed by atoms with Crippen LogP contribution in [0.3, 0.4) is 0 Å². The van der Waals surface area contributed by atoms with Gasteiger partial charge in [0.1, 0.15) is 11.6 Å². The van der Waals surface area contributed by atoms with Gasteiger partial charge in [-0.25, -0.2) is 8.78 Å². The molecule has 2 heterocycles. The van der Waals surface area contributed by atoms with E-state index in [-0.39, 0.29) is 23.8 Å². The molecule has 2 fully saturated rings. The van der Waals surface area contributed by atoms with Crippen molar-refractivity contribution in [2.45, 2.75) is 38.1 Å².